The molecular formula is C16H13BrN2O2S2. The number of pyridine rings is 1. The number of nitrogens with zero attached hydrogens (tertiary/aromatic N) is 1. The molecule has 118 valence electrons. The normalized spacial score (nSPS) is 15.4. The summed E-state index contributed by atoms with van der Waals surface area (Å²) in [5.74, 6) is 0.890. The molecule has 3 aromatic rings. The van der Waals surface area contributed by atoms with Gasteiger partial charge in [0.25, 0.3) is 0 Å². The van der Waals surface area contributed by atoms with Gasteiger partial charge < -0.3 is 4.98 Å². The summed E-state index contributed by atoms with van der Waals surface area (Å²) >= 11 is 4.97. The number of halogens is 1. The molecule has 23 heavy (non-hydrogen) atoms. The lowest BCUT2D eigenvalue weighted by Gasteiger charge is -2.05. The number of rotatable bonds is 3. The Labute approximate surface area is 146 Å². The molecule has 1 aliphatic rings. The number of benzene rings is 1. The van der Waals surface area contributed by atoms with Gasteiger partial charge in [-0.05, 0) is 46.1 Å². The maximum Gasteiger partial charge on any atom is 0.188 e. The van der Waals surface area contributed by atoms with Crippen LogP contribution in [-0.2, 0) is 15.6 Å². The molecule has 0 saturated carbocycles. The number of fused-ring (bicyclic) bond motifs is 3. The molecule has 1 aromatic carbocycles. The van der Waals surface area contributed by atoms with Crippen LogP contribution in [0.1, 0.15) is 12.0 Å². The monoisotopic (exact) mass is 408 g/mol. The molecule has 2 aromatic heterocycles. The first-order valence-corrected chi connectivity index (χ1v) is 10.6. The van der Waals surface area contributed by atoms with Crippen LogP contribution < -0.4 is 0 Å². The molecule has 0 atom stereocenters. The molecule has 0 spiro atoms. The molecule has 0 aliphatic carbocycles. The van der Waals surface area contributed by atoms with Gasteiger partial charge in [0.15, 0.2) is 9.84 Å². The zero-order valence-corrected chi connectivity index (χ0v) is 15.3. The molecule has 4 nitrogen and oxygen atoms in total. The van der Waals surface area contributed by atoms with Crippen LogP contribution in [0.3, 0.4) is 0 Å². The van der Waals surface area contributed by atoms with Crippen molar-refractivity contribution in [2.75, 3.05) is 5.75 Å². The summed E-state index contributed by atoms with van der Waals surface area (Å²) in [5, 5.41) is 1.97. The van der Waals surface area contributed by atoms with Gasteiger partial charge in [0, 0.05) is 32.7 Å². The van der Waals surface area contributed by atoms with E-state index in [4.69, 9.17) is 0 Å². The fourth-order valence-corrected chi connectivity index (χ4v) is 6.29. The number of aromatic nitrogens is 2. The SMILES string of the molecule is O=S(=O)(Cc1ccc2[nH]c3nccc(Br)c3c2c1)C1=CCCS1. The van der Waals surface area contributed by atoms with Gasteiger partial charge in [-0.2, -0.15) is 0 Å². The van der Waals surface area contributed by atoms with E-state index in [0.717, 1.165) is 44.1 Å². The van der Waals surface area contributed by atoms with E-state index in [1.54, 1.807) is 6.20 Å². The largest absolute Gasteiger partial charge is 0.339 e. The topological polar surface area (TPSA) is 62.8 Å². The quantitative estimate of drug-likeness (QED) is 0.698. The Bertz CT molecular complexity index is 1050. The van der Waals surface area contributed by atoms with Crippen LogP contribution in [-0.4, -0.2) is 24.1 Å². The summed E-state index contributed by atoms with van der Waals surface area (Å²) in [4.78, 5) is 7.59. The highest BCUT2D eigenvalue weighted by Gasteiger charge is 2.22. The molecule has 0 saturated heterocycles. The number of allylic oxidation sites excluding steroid dienone is 1. The van der Waals surface area contributed by atoms with Gasteiger partial charge in [0.05, 0.1) is 9.99 Å². The zero-order valence-electron chi connectivity index (χ0n) is 12.0. The lowest BCUT2D eigenvalue weighted by Crippen LogP contribution is -2.04. The molecule has 0 amide bonds. The van der Waals surface area contributed by atoms with Gasteiger partial charge in [-0.15, -0.1) is 11.8 Å². The van der Waals surface area contributed by atoms with Crippen LogP contribution >= 0.6 is 27.7 Å². The van der Waals surface area contributed by atoms with Gasteiger partial charge >= 0.3 is 0 Å². The van der Waals surface area contributed by atoms with Crippen molar-refractivity contribution in [3.05, 3.63) is 50.8 Å². The van der Waals surface area contributed by atoms with Crippen molar-refractivity contribution in [1.29, 1.82) is 0 Å². The minimum atomic E-state index is -3.24. The molecule has 1 aliphatic heterocycles. The summed E-state index contributed by atoms with van der Waals surface area (Å²) in [5.41, 5.74) is 2.54. The summed E-state index contributed by atoms with van der Waals surface area (Å²) in [6, 6.07) is 7.62. The Morgan fingerprint density at radius 2 is 2.17 bits per heavy atom. The van der Waals surface area contributed by atoms with Gasteiger partial charge in [-0.25, -0.2) is 13.4 Å². The molecule has 7 heteroatoms. The maximum absolute atomic E-state index is 12.5. The molecule has 0 bridgehead atoms. The molecular weight excluding hydrogens is 396 g/mol. The molecule has 0 radical (unpaired) electrons. The van der Waals surface area contributed by atoms with Crippen molar-refractivity contribution < 1.29 is 8.42 Å². The number of H-pyrrole nitrogens is 1. The number of nitrogens with one attached hydrogen (secondary N) is 1. The Morgan fingerprint density at radius 3 is 2.96 bits per heavy atom. The van der Waals surface area contributed by atoms with Crippen LogP contribution in [0.25, 0.3) is 21.9 Å². The number of thioether (sulfide) groups is 1. The molecule has 3 heterocycles. The molecule has 0 unspecified atom stereocenters. The van der Waals surface area contributed by atoms with Gasteiger partial charge in [-0.3, -0.25) is 0 Å². The number of hydrogen-bond donors (Lipinski definition) is 1. The van der Waals surface area contributed by atoms with Crippen LogP contribution in [0.15, 0.2) is 45.2 Å². The van der Waals surface area contributed by atoms with Crippen molar-refractivity contribution in [3.63, 3.8) is 0 Å². The van der Waals surface area contributed by atoms with Crippen LogP contribution in [0.4, 0.5) is 0 Å². The highest BCUT2D eigenvalue weighted by molar-refractivity contribution is 9.10. The van der Waals surface area contributed by atoms with Gasteiger partial charge in [-0.1, -0.05) is 12.1 Å². The summed E-state index contributed by atoms with van der Waals surface area (Å²) < 4.78 is 26.4. The zero-order chi connectivity index (χ0) is 16.0. The first kappa shape index (κ1) is 15.2. The predicted octanol–water partition coefficient (Wildman–Crippen LogP) is 4.37. The highest BCUT2D eigenvalue weighted by Crippen LogP contribution is 2.34. The average Bonchev–Trinajstić information content (AvgIpc) is 3.14. The van der Waals surface area contributed by atoms with Gasteiger partial charge in [0.1, 0.15) is 5.65 Å². The fourth-order valence-electron chi connectivity index (χ4n) is 2.82. The standard InChI is InChI=1S/C16H13BrN2O2S2/c17-12-5-6-18-16-15(12)11-8-10(3-4-13(11)19-16)9-23(20,21)14-2-1-7-22-14/h2-6,8H,1,7,9H2,(H,18,19). The third-order valence-corrected chi connectivity index (χ3v) is 8.00. The van der Waals surface area contributed by atoms with Crippen molar-refractivity contribution >= 4 is 59.5 Å². The second-order valence-corrected chi connectivity index (χ2v) is 9.65. The Kier molecular flexibility index (Phi) is 3.74. The Hall–Kier alpha value is -1.31. The second-order valence-electron chi connectivity index (χ2n) is 5.44. The number of aromatic amines is 1. The van der Waals surface area contributed by atoms with Crippen molar-refractivity contribution in [3.8, 4) is 0 Å². The van der Waals surface area contributed by atoms with E-state index in [1.807, 2.05) is 30.3 Å². The van der Waals surface area contributed by atoms with E-state index in [0.29, 0.717) is 4.24 Å². The first-order valence-electron chi connectivity index (χ1n) is 7.15. The third-order valence-electron chi connectivity index (χ3n) is 3.84. The van der Waals surface area contributed by atoms with E-state index >= 15 is 0 Å². The van der Waals surface area contributed by atoms with E-state index in [9.17, 15) is 8.42 Å². The molecule has 1 N–H and O–H groups in total. The smallest absolute Gasteiger partial charge is 0.188 e. The average molecular weight is 409 g/mol. The minimum Gasteiger partial charge on any atom is -0.339 e. The maximum atomic E-state index is 12.5. The van der Waals surface area contributed by atoms with Crippen molar-refractivity contribution in [1.82, 2.24) is 9.97 Å². The van der Waals surface area contributed by atoms with E-state index in [1.165, 1.54) is 11.8 Å². The highest BCUT2D eigenvalue weighted by atomic mass is 79.9. The van der Waals surface area contributed by atoms with Crippen LogP contribution in [0.2, 0.25) is 0 Å². The van der Waals surface area contributed by atoms with E-state index < -0.39 is 9.84 Å². The minimum absolute atomic E-state index is 0.0341. The lowest BCUT2D eigenvalue weighted by atomic mass is 10.1. The van der Waals surface area contributed by atoms with E-state index in [2.05, 4.69) is 25.9 Å². The number of sulfone groups is 1. The predicted molar refractivity (Wildman–Crippen MR) is 99.1 cm³/mol. The van der Waals surface area contributed by atoms with Crippen molar-refractivity contribution in [2.24, 2.45) is 0 Å². The van der Waals surface area contributed by atoms with Crippen LogP contribution in [0.5, 0.6) is 0 Å². The fraction of sp³-hybridized carbons (Fsp3) is 0.188. The number of hydrogen-bond acceptors (Lipinski definition) is 4. The van der Waals surface area contributed by atoms with E-state index in [-0.39, 0.29) is 5.75 Å². The Morgan fingerprint density at radius 1 is 1.30 bits per heavy atom. The Balaban J connectivity index is 1.81. The van der Waals surface area contributed by atoms with Gasteiger partial charge in [0.2, 0.25) is 0 Å². The van der Waals surface area contributed by atoms with Crippen LogP contribution in [0, 0.1) is 0 Å². The molecule has 0 fully saturated rings. The second kappa shape index (κ2) is 5.65. The molecule has 4 rings (SSSR count). The lowest BCUT2D eigenvalue weighted by molar-refractivity contribution is 0.603. The third kappa shape index (κ3) is 2.70. The van der Waals surface area contributed by atoms with Crippen molar-refractivity contribution in [2.45, 2.75) is 12.2 Å². The summed E-state index contributed by atoms with van der Waals surface area (Å²) in [7, 11) is -3.24. The first-order chi connectivity index (χ1) is 11.0. The summed E-state index contributed by atoms with van der Waals surface area (Å²) in [6.45, 7) is 0. The summed E-state index contributed by atoms with van der Waals surface area (Å²) in [6.07, 6.45) is 4.39.